The van der Waals surface area contributed by atoms with Crippen molar-refractivity contribution in [3.63, 3.8) is 0 Å². The molecular formula is C15H17NSSi. The fraction of sp³-hybridized carbons (Fsp3) is 0.267. The summed E-state index contributed by atoms with van der Waals surface area (Å²) in [6.07, 6.45) is 3.85. The number of pyridine rings is 1. The molecule has 3 heteroatoms. The van der Waals surface area contributed by atoms with Gasteiger partial charge in [-0.05, 0) is 23.7 Å². The minimum atomic E-state index is -1.03. The highest BCUT2D eigenvalue weighted by atomic mass is 32.1. The van der Waals surface area contributed by atoms with E-state index in [1.807, 2.05) is 23.7 Å². The summed E-state index contributed by atoms with van der Waals surface area (Å²) in [5, 5.41) is 2.71. The number of rotatable bonds is 2. The molecule has 18 heavy (non-hydrogen) atoms. The summed E-state index contributed by atoms with van der Waals surface area (Å²) in [5.74, 6) is 0. The van der Waals surface area contributed by atoms with Crippen molar-refractivity contribution >= 4 is 39.6 Å². The lowest BCUT2D eigenvalue weighted by molar-refractivity contribution is 1.32. The van der Waals surface area contributed by atoms with Crippen LogP contribution >= 0.6 is 11.3 Å². The topological polar surface area (TPSA) is 12.9 Å². The van der Waals surface area contributed by atoms with Gasteiger partial charge in [0.1, 0.15) is 0 Å². The molecule has 0 atom stereocenters. The first kappa shape index (κ1) is 11.9. The third-order valence-electron chi connectivity index (χ3n) is 3.08. The van der Waals surface area contributed by atoms with Gasteiger partial charge in [0.2, 0.25) is 0 Å². The molecule has 0 aliphatic carbocycles. The summed E-state index contributed by atoms with van der Waals surface area (Å²) < 4.78 is 2.69. The van der Waals surface area contributed by atoms with E-state index in [4.69, 9.17) is 0 Å². The Labute approximate surface area is 112 Å². The Morgan fingerprint density at radius 1 is 1.06 bits per heavy atom. The van der Waals surface area contributed by atoms with E-state index in [9.17, 15) is 0 Å². The van der Waals surface area contributed by atoms with E-state index >= 15 is 0 Å². The van der Waals surface area contributed by atoms with Gasteiger partial charge in [0, 0.05) is 35.9 Å². The summed E-state index contributed by atoms with van der Waals surface area (Å²) in [6, 6.07) is 10.3. The lowest BCUT2D eigenvalue weighted by Crippen LogP contribution is -2.23. The van der Waals surface area contributed by atoms with Crippen LogP contribution in [0, 0.1) is 0 Å². The second kappa shape index (κ2) is 4.18. The fourth-order valence-corrected chi connectivity index (χ4v) is 4.98. The van der Waals surface area contributed by atoms with E-state index in [0.29, 0.717) is 0 Å². The predicted molar refractivity (Wildman–Crippen MR) is 84.2 cm³/mol. The average Bonchev–Trinajstić information content (AvgIpc) is 2.64. The first-order chi connectivity index (χ1) is 8.53. The first-order valence-electron chi connectivity index (χ1n) is 6.28. The molecule has 0 spiro atoms. The minimum Gasteiger partial charge on any atom is -0.263 e. The monoisotopic (exact) mass is 271 g/mol. The number of fused-ring (bicyclic) bond motifs is 3. The highest BCUT2D eigenvalue weighted by Crippen LogP contribution is 2.33. The maximum Gasteiger partial charge on any atom is 0.0538 e. The van der Waals surface area contributed by atoms with Crippen molar-refractivity contribution in [2.75, 3.05) is 0 Å². The summed E-state index contributed by atoms with van der Waals surface area (Å²) in [7, 11) is -1.03. The second-order valence-electron chi connectivity index (χ2n) is 6.04. The van der Waals surface area contributed by atoms with Gasteiger partial charge < -0.3 is 0 Å². The van der Waals surface area contributed by atoms with Crippen molar-refractivity contribution in [1.82, 2.24) is 4.98 Å². The summed E-state index contributed by atoms with van der Waals surface area (Å²) in [5.41, 5.74) is 1.49. The van der Waals surface area contributed by atoms with Crippen LogP contribution in [0.1, 0.15) is 5.56 Å². The summed E-state index contributed by atoms with van der Waals surface area (Å²) in [6.45, 7) is 7.27. The molecule has 0 aliphatic rings. The van der Waals surface area contributed by atoms with E-state index in [1.54, 1.807) is 0 Å². The van der Waals surface area contributed by atoms with Gasteiger partial charge in [-0.25, -0.2) is 0 Å². The summed E-state index contributed by atoms with van der Waals surface area (Å²) >= 11 is 1.85. The van der Waals surface area contributed by atoms with Crippen LogP contribution < -0.4 is 0 Å². The zero-order chi connectivity index (χ0) is 12.8. The van der Waals surface area contributed by atoms with Gasteiger partial charge in [-0.2, -0.15) is 0 Å². The van der Waals surface area contributed by atoms with Gasteiger partial charge in [0.05, 0.1) is 4.70 Å². The third kappa shape index (κ3) is 2.20. The molecule has 2 aromatic heterocycles. The number of benzene rings is 1. The molecule has 92 valence electrons. The molecule has 3 aromatic rings. The van der Waals surface area contributed by atoms with Crippen molar-refractivity contribution in [3.05, 3.63) is 42.2 Å². The molecule has 0 fully saturated rings. The maximum absolute atomic E-state index is 4.21. The number of aromatic nitrogens is 1. The molecule has 0 saturated heterocycles. The maximum atomic E-state index is 4.21. The van der Waals surface area contributed by atoms with Crippen LogP contribution in [0.4, 0.5) is 0 Å². The Bertz CT molecular complexity index is 709. The third-order valence-corrected chi connectivity index (χ3v) is 5.65. The number of hydrogen-bond donors (Lipinski definition) is 0. The van der Waals surface area contributed by atoms with Crippen LogP contribution in [-0.4, -0.2) is 13.1 Å². The van der Waals surface area contributed by atoms with Crippen molar-refractivity contribution < 1.29 is 0 Å². The molecule has 0 unspecified atom stereocenters. The largest absolute Gasteiger partial charge is 0.263 e. The molecule has 1 nitrogen and oxygen atoms in total. The molecule has 0 radical (unpaired) electrons. The van der Waals surface area contributed by atoms with Crippen molar-refractivity contribution in [3.8, 4) is 0 Å². The minimum absolute atomic E-state index is 1.03. The van der Waals surface area contributed by atoms with E-state index in [-0.39, 0.29) is 0 Å². The van der Waals surface area contributed by atoms with Gasteiger partial charge >= 0.3 is 0 Å². The molecule has 3 rings (SSSR count). The highest BCUT2D eigenvalue weighted by Gasteiger charge is 2.14. The molecule has 0 bridgehead atoms. The molecule has 0 amide bonds. The van der Waals surface area contributed by atoms with Gasteiger partial charge in [-0.3, -0.25) is 4.98 Å². The first-order valence-corrected chi connectivity index (χ1v) is 10.8. The van der Waals surface area contributed by atoms with Gasteiger partial charge in [0.25, 0.3) is 0 Å². The van der Waals surface area contributed by atoms with E-state index in [1.165, 1.54) is 31.8 Å². The van der Waals surface area contributed by atoms with Crippen molar-refractivity contribution in [2.45, 2.75) is 25.7 Å². The molecular weight excluding hydrogens is 254 g/mol. The SMILES string of the molecule is C[Si](C)(C)Cc1ccc2c(c1)sc1cnccc12. The fourth-order valence-electron chi connectivity index (χ4n) is 2.40. The van der Waals surface area contributed by atoms with Crippen LogP contribution in [0.5, 0.6) is 0 Å². The van der Waals surface area contributed by atoms with Crippen LogP contribution in [0.25, 0.3) is 20.2 Å². The van der Waals surface area contributed by atoms with Crippen molar-refractivity contribution in [1.29, 1.82) is 0 Å². The lowest BCUT2D eigenvalue weighted by atomic mass is 10.1. The average molecular weight is 271 g/mol. The van der Waals surface area contributed by atoms with Crippen molar-refractivity contribution in [2.24, 2.45) is 0 Å². The zero-order valence-electron chi connectivity index (χ0n) is 11.0. The van der Waals surface area contributed by atoms with Gasteiger partial charge in [-0.1, -0.05) is 31.8 Å². The lowest BCUT2D eigenvalue weighted by Gasteiger charge is -2.15. The number of nitrogens with zero attached hydrogens (tertiary/aromatic N) is 1. The van der Waals surface area contributed by atoms with Gasteiger partial charge in [-0.15, -0.1) is 11.3 Å². The standard InChI is InChI=1S/C15H17NSSi/c1-18(2,3)10-11-4-5-12-13-6-7-16-9-15(13)17-14(12)8-11/h4-9H,10H2,1-3H3. The molecule has 1 aromatic carbocycles. The van der Waals surface area contributed by atoms with E-state index in [0.717, 1.165) is 0 Å². The predicted octanol–water partition coefficient (Wildman–Crippen LogP) is 4.87. The molecule has 0 N–H and O–H groups in total. The van der Waals surface area contributed by atoms with Crippen LogP contribution in [-0.2, 0) is 6.04 Å². The Morgan fingerprint density at radius 2 is 1.83 bits per heavy atom. The Morgan fingerprint density at radius 3 is 2.61 bits per heavy atom. The van der Waals surface area contributed by atoms with Gasteiger partial charge in [0.15, 0.2) is 0 Å². The molecule has 0 saturated carbocycles. The quantitative estimate of drug-likeness (QED) is 0.606. The van der Waals surface area contributed by atoms with Crippen LogP contribution in [0.3, 0.4) is 0 Å². The number of hydrogen-bond acceptors (Lipinski definition) is 2. The zero-order valence-corrected chi connectivity index (χ0v) is 12.8. The Kier molecular flexibility index (Phi) is 2.75. The Hall–Kier alpha value is -1.19. The molecule has 2 heterocycles. The Balaban J connectivity index is 2.15. The van der Waals surface area contributed by atoms with E-state index in [2.05, 4.69) is 48.9 Å². The number of thiophene rings is 1. The normalized spacial score (nSPS) is 12.4. The summed E-state index contributed by atoms with van der Waals surface area (Å²) in [4.78, 5) is 4.21. The highest BCUT2D eigenvalue weighted by molar-refractivity contribution is 7.25. The second-order valence-corrected chi connectivity index (χ2v) is 12.6. The van der Waals surface area contributed by atoms with Crippen LogP contribution in [0.15, 0.2) is 36.7 Å². The smallest absolute Gasteiger partial charge is 0.0538 e. The van der Waals surface area contributed by atoms with Crippen LogP contribution in [0.2, 0.25) is 19.6 Å². The molecule has 0 aliphatic heterocycles. The van der Waals surface area contributed by atoms with E-state index < -0.39 is 8.07 Å².